The SMILES string of the molecule is Cc1ccc(-c2ccc(C)n2CCOc2ccc(CN(CC(=O)O)Cc3ccccc3)cc2)s1. The number of nitrogens with zero attached hydrogens (tertiary/aromatic N) is 2. The van der Waals surface area contributed by atoms with Gasteiger partial charge in [-0.2, -0.15) is 0 Å². The van der Waals surface area contributed by atoms with Gasteiger partial charge in [0.15, 0.2) is 0 Å². The lowest BCUT2D eigenvalue weighted by molar-refractivity contribution is -0.138. The monoisotopic (exact) mass is 474 g/mol. The molecule has 34 heavy (non-hydrogen) atoms. The van der Waals surface area contributed by atoms with E-state index in [2.05, 4.69) is 42.7 Å². The second-order valence-electron chi connectivity index (χ2n) is 8.44. The number of aryl methyl sites for hydroxylation is 2. The molecule has 2 heterocycles. The van der Waals surface area contributed by atoms with Crippen molar-refractivity contribution in [2.75, 3.05) is 13.2 Å². The smallest absolute Gasteiger partial charge is 0.317 e. The largest absolute Gasteiger partial charge is 0.492 e. The van der Waals surface area contributed by atoms with Crippen LogP contribution in [-0.4, -0.2) is 33.7 Å². The van der Waals surface area contributed by atoms with E-state index < -0.39 is 5.97 Å². The van der Waals surface area contributed by atoms with Gasteiger partial charge in [-0.25, -0.2) is 0 Å². The van der Waals surface area contributed by atoms with Crippen LogP contribution in [0.1, 0.15) is 21.7 Å². The fraction of sp³-hybridized carbons (Fsp3) is 0.250. The first-order chi connectivity index (χ1) is 16.5. The van der Waals surface area contributed by atoms with Crippen LogP contribution in [0.2, 0.25) is 0 Å². The van der Waals surface area contributed by atoms with Gasteiger partial charge in [0.1, 0.15) is 12.4 Å². The van der Waals surface area contributed by atoms with E-state index in [9.17, 15) is 9.90 Å². The van der Waals surface area contributed by atoms with Crippen LogP contribution in [0.15, 0.2) is 78.9 Å². The number of thiophene rings is 1. The summed E-state index contributed by atoms with van der Waals surface area (Å²) in [6.07, 6.45) is 0. The molecular weight excluding hydrogens is 444 g/mol. The summed E-state index contributed by atoms with van der Waals surface area (Å²) in [6, 6.07) is 26.5. The van der Waals surface area contributed by atoms with Crippen molar-refractivity contribution in [2.45, 2.75) is 33.5 Å². The molecule has 0 amide bonds. The molecule has 0 saturated carbocycles. The minimum absolute atomic E-state index is 0.00450. The Kier molecular flexibility index (Phi) is 7.83. The molecule has 4 rings (SSSR count). The van der Waals surface area contributed by atoms with Gasteiger partial charge in [-0.1, -0.05) is 42.5 Å². The Hall–Kier alpha value is -3.35. The molecule has 0 fully saturated rings. The first-order valence-corrected chi connectivity index (χ1v) is 12.2. The van der Waals surface area contributed by atoms with Gasteiger partial charge in [0.2, 0.25) is 0 Å². The fourth-order valence-electron chi connectivity index (χ4n) is 4.06. The van der Waals surface area contributed by atoms with E-state index in [1.54, 1.807) is 11.3 Å². The molecule has 0 atom stereocenters. The van der Waals surface area contributed by atoms with Crippen molar-refractivity contribution in [1.82, 2.24) is 9.47 Å². The van der Waals surface area contributed by atoms with Crippen LogP contribution in [-0.2, 0) is 24.4 Å². The van der Waals surface area contributed by atoms with E-state index in [0.29, 0.717) is 19.7 Å². The molecule has 1 N–H and O–H groups in total. The summed E-state index contributed by atoms with van der Waals surface area (Å²) < 4.78 is 8.32. The summed E-state index contributed by atoms with van der Waals surface area (Å²) in [5, 5.41) is 9.31. The Labute approximate surface area is 204 Å². The number of rotatable bonds is 11. The highest BCUT2D eigenvalue weighted by Gasteiger charge is 2.12. The van der Waals surface area contributed by atoms with E-state index in [1.807, 2.05) is 59.5 Å². The number of ether oxygens (including phenoxy) is 1. The lowest BCUT2D eigenvalue weighted by Crippen LogP contribution is -2.28. The van der Waals surface area contributed by atoms with E-state index in [1.165, 1.54) is 21.1 Å². The van der Waals surface area contributed by atoms with Crippen molar-refractivity contribution >= 4 is 17.3 Å². The third-order valence-corrected chi connectivity index (χ3v) is 6.74. The quantitative estimate of drug-likeness (QED) is 0.290. The fourth-order valence-corrected chi connectivity index (χ4v) is 4.96. The second kappa shape index (κ2) is 11.2. The molecule has 5 nitrogen and oxygen atoms in total. The highest BCUT2D eigenvalue weighted by molar-refractivity contribution is 7.15. The van der Waals surface area contributed by atoms with Crippen molar-refractivity contribution in [1.29, 1.82) is 0 Å². The molecule has 2 aromatic heterocycles. The zero-order valence-electron chi connectivity index (χ0n) is 19.6. The van der Waals surface area contributed by atoms with Crippen molar-refractivity contribution in [3.8, 4) is 16.3 Å². The third kappa shape index (κ3) is 6.37. The van der Waals surface area contributed by atoms with Crippen LogP contribution in [0, 0.1) is 13.8 Å². The molecule has 0 radical (unpaired) electrons. The topological polar surface area (TPSA) is 54.7 Å². The van der Waals surface area contributed by atoms with Gasteiger partial charge in [0, 0.05) is 23.7 Å². The Morgan fingerprint density at radius 1 is 0.912 bits per heavy atom. The summed E-state index contributed by atoms with van der Waals surface area (Å²) in [6.45, 7) is 6.75. The van der Waals surface area contributed by atoms with Gasteiger partial charge in [0.25, 0.3) is 0 Å². The van der Waals surface area contributed by atoms with Crippen LogP contribution in [0.25, 0.3) is 10.6 Å². The lowest BCUT2D eigenvalue weighted by Gasteiger charge is -2.20. The third-order valence-electron chi connectivity index (χ3n) is 5.71. The minimum atomic E-state index is -0.826. The molecule has 0 saturated heterocycles. The van der Waals surface area contributed by atoms with Crippen LogP contribution in [0.5, 0.6) is 5.75 Å². The van der Waals surface area contributed by atoms with Gasteiger partial charge < -0.3 is 14.4 Å². The molecule has 0 aliphatic heterocycles. The number of benzene rings is 2. The number of carboxylic acids is 1. The molecule has 176 valence electrons. The van der Waals surface area contributed by atoms with Gasteiger partial charge in [-0.3, -0.25) is 9.69 Å². The van der Waals surface area contributed by atoms with E-state index in [4.69, 9.17) is 4.74 Å². The van der Waals surface area contributed by atoms with Crippen LogP contribution in [0.3, 0.4) is 0 Å². The number of hydrogen-bond acceptors (Lipinski definition) is 4. The summed E-state index contributed by atoms with van der Waals surface area (Å²) in [5.41, 5.74) is 4.60. The molecule has 0 unspecified atom stereocenters. The number of carboxylic acid groups (broad SMARTS) is 1. The number of aromatic nitrogens is 1. The van der Waals surface area contributed by atoms with E-state index in [0.717, 1.165) is 23.4 Å². The van der Waals surface area contributed by atoms with Crippen molar-refractivity contribution in [3.05, 3.63) is 101 Å². The zero-order chi connectivity index (χ0) is 23.9. The molecule has 2 aromatic carbocycles. The number of carbonyl (C=O) groups is 1. The Bertz CT molecular complexity index is 1210. The summed E-state index contributed by atoms with van der Waals surface area (Å²) in [4.78, 5) is 15.8. The van der Waals surface area contributed by atoms with Crippen LogP contribution < -0.4 is 4.74 Å². The van der Waals surface area contributed by atoms with Crippen molar-refractivity contribution < 1.29 is 14.6 Å². The van der Waals surface area contributed by atoms with Gasteiger partial charge in [-0.05, 0) is 61.4 Å². The van der Waals surface area contributed by atoms with Crippen molar-refractivity contribution in [3.63, 3.8) is 0 Å². The van der Waals surface area contributed by atoms with E-state index in [-0.39, 0.29) is 6.54 Å². The molecule has 0 bridgehead atoms. The molecule has 0 aliphatic carbocycles. The standard InChI is InChI=1S/C28H30N2O3S/c1-21-8-14-26(27-15-9-22(2)34-27)30(21)16-17-33-25-12-10-24(11-13-25)19-29(20-28(31)32)18-23-6-4-3-5-7-23/h3-15H,16-20H2,1-2H3,(H,31,32). The van der Waals surface area contributed by atoms with Crippen molar-refractivity contribution in [2.24, 2.45) is 0 Å². The van der Waals surface area contributed by atoms with Gasteiger partial charge in [-0.15, -0.1) is 11.3 Å². The highest BCUT2D eigenvalue weighted by atomic mass is 32.1. The van der Waals surface area contributed by atoms with E-state index >= 15 is 0 Å². The predicted octanol–water partition coefficient (Wildman–Crippen LogP) is 6.00. The first kappa shape index (κ1) is 23.8. The van der Waals surface area contributed by atoms with Crippen LogP contribution >= 0.6 is 11.3 Å². The maximum Gasteiger partial charge on any atom is 0.317 e. The lowest BCUT2D eigenvalue weighted by atomic mass is 10.1. The summed E-state index contributed by atoms with van der Waals surface area (Å²) >= 11 is 1.81. The second-order valence-corrected chi connectivity index (χ2v) is 9.73. The molecular formula is C28H30N2O3S. The average Bonchev–Trinajstić information content (AvgIpc) is 3.40. The summed E-state index contributed by atoms with van der Waals surface area (Å²) in [5.74, 6) is -0.0109. The Balaban J connectivity index is 1.34. The number of aliphatic carboxylic acids is 1. The summed E-state index contributed by atoms with van der Waals surface area (Å²) in [7, 11) is 0. The normalized spacial score (nSPS) is 11.1. The Morgan fingerprint density at radius 2 is 1.62 bits per heavy atom. The molecule has 0 aliphatic rings. The van der Waals surface area contributed by atoms with Gasteiger partial charge >= 0.3 is 5.97 Å². The molecule has 6 heteroatoms. The van der Waals surface area contributed by atoms with Gasteiger partial charge in [0.05, 0.1) is 23.7 Å². The first-order valence-electron chi connectivity index (χ1n) is 11.4. The maximum atomic E-state index is 11.3. The number of hydrogen-bond donors (Lipinski definition) is 1. The molecule has 0 spiro atoms. The highest BCUT2D eigenvalue weighted by Crippen LogP contribution is 2.29. The maximum absolute atomic E-state index is 11.3. The Morgan fingerprint density at radius 3 is 2.26 bits per heavy atom. The molecule has 4 aromatic rings. The minimum Gasteiger partial charge on any atom is -0.492 e. The zero-order valence-corrected chi connectivity index (χ0v) is 20.4. The van der Waals surface area contributed by atoms with Crippen LogP contribution in [0.4, 0.5) is 0 Å². The predicted molar refractivity (Wildman–Crippen MR) is 137 cm³/mol. The average molecular weight is 475 g/mol.